The van der Waals surface area contributed by atoms with Crippen molar-refractivity contribution in [1.82, 2.24) is 4.90 Å². The molecule has 1 aliphatic heterocycles. The maximum Gasteiger partial charge on any atom is 0.411 e. The molecule has 7 heteroatoms. The first-order chi connectivity index (χ1) is 9.19. The SMILES string of the molecule is CC(C)(C)OC(=O)N1CC(=O)c2c(C(=O)O)coc2C1. The number of carbonyl (C=O) groups excluding carboxylic acids is 2. The summed E-state index contributed by atoms with van der Waals surface area (Å²) in [5.74, 6) is -1.53. The van der Waals surface area contributed by atoms with Gasteiger partial charge in [-0.3, -0.25) is 9.69 Å². The van der Waals surface area contributed by atoms with Crippen molar-refractivity contribution in [3.05, 3.63) is 23.2 Å². The first-order valence-corrected chi connectivity index (χ1v) is 6.04. The van der Waals surface area contributed by atoms with Crippen LogP contribution in [0.3, 0.4) is 0 Å². The van der Waals surface area contributed by atoms with Gasteiger partial charge in [-0.05, 0) is 20.8 Å². The number of hydrogen-bond donors (Lipinski definition) is 1. The molecule has 108 valence electrons. The van der Waals surface area contributed by atoms with Crippen molar-refractivity contribution in [3.63, 3.8) is 0 Å². The summed E-state index contributed by atoms with van der Waals surface area (Å²) in [6.45, 7) is 4.96. The Morgan fingerprint density at radius 3 is 2.55 bits per heavy atom. The summed E-state index contributed by atoms with van der Waals surface area (Å²) in [6.07, 6.45) is 0.383. The van der Waals surface area contributed by atoms with E-state index in [-0.39, 0.29) is 30.0 Å². The molecule has 2 rings (SSSR count). The number of furan rings is 1. The molecule has 2 heterocycles. The van der Waals surface area contributed by atoms with Crippen LogP contribution < -0.4 is 0 Å². The Labute approximate surface area is 115 Å². The second-order valence-corrected chi connectivity index (χ2v) is 5.51. The van der Waals surface area contributed by atoms with E-state index >= 15 is 0 Å². The maximum absolute atomic E-state index is 12.0. The number of ketones is 1. The third-order valence-corrected chi connectivity index (χ3v) is 2.70. The molecule has 0 bridgehead atoms. The van der Waals surface area contributed by atoms with Crippen LogP contribution in [0.5, 0.6) is 0 Å². The Kier molecular flexibility index (Phi) is 3.29. The van der Waals surface area contributed by atoms with Gasteiger partial charge in [0.2, 0.25) is 0 Å². The number of nitrogens with zero attached hydrogens (tertiary/aromatic N) is 1. The van der Waals surface area contributed by atoms with Crippen LogP contribution in [0.1, 0.15) is 47.2 Å². The molecule has 0 unspecified atom stereocenters. The molecule has 0 spiro atoms. The summed E-state index contributed by atoms with van der Waals surface area (Å²) in [4.78, 5) is 36.0. The Morgan fingerprint density at radius 2 is 2.00 bits per heavy atom. The quantitative estimate of drug-likeness (QED) is 0.844. The van der Waals surface area contributed by atoms with Gasteiger partial charge >= 0.3 is 12.1 Å². The van der Waals surface area contributed by atoms with E-state index in [0.29, 0.717) is 0 Å². The smallest absolute Gasteiger partial charge is 0.411 e. The van der Waals surface area contributed by atoms with E-state index in [1.807, 2.05) is 0 Å². The molecule has 0 aromatic carbocycles. The molecular formula is C13H15NO6. The van der Waals surface area contributed by atoms with Crippen LogP contribution in [-0.2, 0) is 11.3 Å². The van der Waals surface area contributed by atoms with Gasteiger partial charge in [-0.25, -0.2) is 9.59 Å². The third-order valence-electron chi connectivity index (χ3n) is 2.70. The van der Waals surface area contributed by atoms with Crippen molar-refractivity contribution >= 4 is 17.8 Å². The lowest BCUT2D eigenvalue weighted by atomic mass is 10.0. The zero-order valence-corrected chi connectivity index (χ0v) is 11.4. The molecule has 0 atom stereocenters. The minimum Gasteiger partial charge on any atom is -0.478 e. The summed E-state index contributed by atoms with van der Waals surface area (Å²) in [7, 11) is 0. The van der Waals surface area contributed by atoms with Crippen molar-refractivity contribution in [1.29, 1.82) is 0 Å². The number of carboxylic acid groups (broad SMARTS) is 1. The fourth-order valence-electron chi connectivity index (χ4n) is 1.91. The largest absolute Gasteiger partial charge is 0.478 e. The molecule has 1 amide bonds. The minimum absolute atomic E-state index is 0.0171. The zero-order valence-electron chi connectivity index (χ0n) is 11.4. The molecule has 0 saturated carbocycles. The highest BCUT2D eigenvalue weighted by molar-refractivity contribution is 6.08. The van der Waals surface area contributed by atoms with Crippen LogP contribution in [0.2, 0.25) is 0 Å². The molecule has 0 fully saturated rings. The van der Waals surface area contributed by atoms with Gasteiger partial charge in [-0.1, -0.05) is 0 Å². The lowest BCUT2D eigenvalue weighted by Crippen LogP contribution is -2.42. The third kappa shape index (κ3) is 2.66. The summed E-state index contributed by atoms with van der Waals surface area (Å²) in [6, 6.07) is 0. The van der Waals surface area contributed by atoms with E-state index in [1.54, 1.807) is 20.8 Å². The lowest BCUT2D eigenvalue weighted by Gasteiger charge is -2.28. The lowest BCUT2D eigenvalue weighted by molar-refractivity contribution is 0.0206. The van der Waals surface area contributed by atoms with Crippen LogP contribution in [0.25, 0.3) is 0 Å². The van der Waals surface area contributed by atoms with E-state index < -0.39 is 23.4 Å². The number of amides is 1. The first-order valence-electron chi connectivity index (χ1n) is 6.04. The number of fused-ring (bicyclic) bond motifs is 1. The predicted molar refractivity (Wildman–Crippen MR) is 66.6 cm³/mol. The summed E-state index contributed by atoms with van der Waals surface area (Å²) in [5, 5.41) is 8.96. The molecule has 0 aliphatic carbocycles. The zero-order chi connectivity index (χ0) is 15.1. The minimum atomic E-state index is -1.23. The van der Waals surface area contributed by atoms with Gasteiger partial charge in [-0.15, -0.1) is 0 Å². The normalized spacial score (nSPS) is 14.9. The van der Waals surface area contributed by atoms with Crippen LogP contribution in [0.15, 0.2) is 10.7 Å². The van der Waals surface area contributed by atoms with Crippen molar-refractivity contribution < 1.29 is 28.6 Å². The highest BCUT2D eigenvalue weighted by Crippen LogP contribution is 2.25. The maximum atomic E-state index is 12.0. The average molecular weight is 281 g/mol. The second-order valence-electron chi connectivity index (χ2n) is 5.51. The number of carboxylic acids is 1. The van der Waals surface area contributed by atoms with Gasteiger partial charge < -0.3 is 14.3 Å². The molecule has 1 aliphatic rings. The molecule has 1 aromatic heterocycles. The van der Waals surface area contributed by atoms with Crippen molar-refractivity contribution in [3.8, 4) is 0 Å². The van der Waals surface area contributed by atoms with E-state index in [9.17, 15) is 14.4 Å². The Hall–Kier alpha value is -2.31. The number of ether oxygens (including phenoxy) is 1. The van der Waals surface area contributed by atoms with Gasteiger partial charge in [0.15, 0.2) is 5.78 Å². The van der Waals surface area contributed by atoms with Crippen molar-refractivity contribution in [2.75, 3.05) is 6.54 Å². The van der Waals surface area contributed by atoms with Gasteiger partial charge in [-0.2, -0.15) is 0 Å². The van der Waals surface area contributed by atoms with Crippen LogP contribution >= 0.6 is 0 Å². The molecule has 0 saturated heterocycles. The Balaban J connectivity index is 2.23. The number of carbonyl (C=O) groups is 3. The van der Waals surface area contributed by atoms with Gasteiger partial charge in [0.25, 0.3) is 0 Å². The highest BCUT2D eigenvalue weighted by atomic mass is 16.6. The fourth-order valence-corrected chi connectivity index (χ4v) is 1.91. The van der Waals surface area contributed by atoms with Crippen molar-refractivity contribution in [2.24, 2.45) is 0 Å². The van der Waals surface area contributed by atoms with E-state index in [0.717, 1.165) is 6.26 Å². The summed E-state index contributed by atoms with van der Waals surface area (Å²) >= 11 is 0. The van der Waals surface area contributed by atoms with Gasteiger partial charge in [0, 0.05) is 0 Å². The van der Waals surface area contributed by atoms with Gasteiger partial charge in [0.1, 0.15) is 23.2 Å². The Morgan fingerprint density at radius 1 is 1.35 bits per heavy atom. The summed E-state index contributed by atoms with van der Waals surface area (Å²) < 4.78 is 10.2. The van der Waals surface area contributed by atoms with Crippen LogP contribution in [0, 0.1) is 0 Å². The molecule has 0 radical (unpaired) electrons. The summed E-state index contributed by atoms with van der Waals surface area (Å²) in [5.41, 5.74) is -0.804. The molecular weight excluding hydrogens is 266 g/mol. The highest BCUT2D eigenvalue weighted by Gasteiger charge is 2.35. The van der Waals surface area contributed by atoms with Crippen molar-refractivity contribution in [2.45, 2.75) is 32.9 Å². The van der Waals surface area contributed by atoms with Crippen LogP contribution in [0.4, 0.5) is 4.79 Å². The second kappa shape index (κ2) is 4.66. The van der Waals surface area contributed by atoms with Crippen LogP contribution in [-0.4, -0.2) is 40.0 Å². The van der Waals surface area contributed by atoms with E-state index in [1.165, 1.54) is 4.90 Å². The fraction of sp³-hybridized carbons (Fsp3) is 0.462. The number of aromatic carboxylic acids is 1. The van der Waals surface area contributed by atoms with E-state index in [4.69, 9.17) is 14.3 Å². The molecule has 1 aromatic rings. The first kappa shape index (κ1) is 14.1. The standard InChI is InChI=1S/C13H15NO6/c1-13(2,3)20-12(18)14-4-8(15)10-7(11(16)17)6-19-9(10)5-14/h6H,4-5H2,1-3H3,(H,16,17). The monoisotopic (exact) mass is 281 g/mol. The number of Topliss-reactive ketones (excluding diaryl/α,β-unsaturated/α-hetero) is 1. The average Bonchev–Trinajstić information content (AvgIpc) is 2.70. The number of hydrogen-bond acceptors (Lipinski definition) is 5. The predicted octanol–water partition coefficient (Wildman–Crippen LogP) is 1.91. The molecule has 7 nitrogen and oxygen atoms in total. The Bertz CT molecular complexity index is 580. The topological polar surface area (TPSA) is 97.0 Å². The van der Waals surface area contributed by atoms with Gasteiger partial charge in [0.05, 0.1) is 18.7 Å². The van der Waals surface area contributed by atoms with E-state index in [2.05, 4.69) is 0 Å². The number of rotatable bonds is 1. The molecule has 20 heavy (non-hydrogen) atoms. The molecule has 1 N–H and O–H groups in total.